The lowest BCUT2D eigenvalue weighted by Gasteiger charge is -2.25. The van der Waals surface area contributed by atoms with Crippen LogP contribution in [0.5, 0.6) is 0 Å². The van der Waals surface area contributed by atoms with Crippen molar-refractivity contribution in [2.75, 3.05) is 40.3 Å². The van der Waals surface area contributed by atoms with Gasteiger partial charge < -0.3 is 19.6 Å². The molecule has 0 aromatic heterocycles. The fourth-order valence-electron chi connectivity index (χ4n) is 1.15. The molecule has 0 spiro atoms. The summed E-state index contributed by atoms with van der Waals surface area (Å²) in [4.78, 5) is 25.8. The van der Waals surface area contributed by atoms with E-state index in [0.29, 0.717) is 13.1 Å². The number of rotatable bonds is 7. The number of carboxylic acids is 1. The van der Waals surface area contributed by atoms with Crippen LogP contribution in [0.1, 0.15) is 20.8 Å². The van der Waals surface area contributed by atoms with Crippen LogP contribution in [0.2, 0.25) is 0 Å². The molecule has 0 atom stereocenters. The van der Waals surface area contributed by atoms with Gasteiger partial charge in [0.1, 0.15) is 13.2 Å². The lowest BCUT2D eigenvalue weighted by molar-refractivity contribution is -0.149. The fourth-order valence-corrected chi connectivity index (χ4v) is 1.15. The third-order valence-corrected chi connectivity index (χ3v) is 2.12. The Bertz CT molecular complexity index is 284. The van der Waals surface area contributed by atoms with E-state index < -0.39 is 11.6 Å². The maximum atomic E-state index is 11.9. The number of carbonyl (C=O) groups excluding carboxylic acids is 1. The van der Waals surface area contributed by atoms with Gasteiger partial charge in [0.2, 0.25) is 5.91 Å². The third kappa shape index (κ3) is 8.95. The van der Waals surface area contributed by atoms with Gasteiger partial charge in [0, 0.05) is 13.1 Å². The smallest absolute Gasteiger partial charge is 0.323 e. The Hall–Kier alpha value is -1.14. The third-order valence-electron chi connectivity index (χ3n) is 2.12. The SMILES string of the molecule is CN(C)CCN(CC(=O)O)C(=O)COC(C)(C)C. The summed E-state index contributed by atoms with van der Waals surface area (Å²) in [6, 6.07) is 0. The van der Waals surface area contributed by atoms with Gasteiger partial charge in [-0.2, -0.15) is 0 Å². The Balaban J connectivity index is 4.35. The summed E-state index contributed by atoms with van der Waals surface area (Å²) in [6.07, 6.45) is 0. The number of amides is 1. The summed E-state index contributed by atoms with van der Waals surface area (Å²) in [6.45, 7) is 6.16. The van der Waals surface area contributed by atoms with Crippen LogP contribution in [0, 0.1) is 0 Å². The van der Waals surface area contributed by atoms with Crippen LogP contribution in [-0.2, 0) is 14.3 Å². The average molecular weight is 260 g/mol. The quantitative estimate of drug-likeness (QED) is 0.712. The van der Waals surface area contributed by atoms with Gasteiger partial charge in [-0.1, -0.05) is 0 Å². The summed E-state index contributed by atoms with van der Waals surface area (Å²) in [5.41, 5.74) is -0.411. The van der Waals surface area contributed by atoms with E-state index in [-0.39, 0.29) is 19.1 Å². The molecule has 0 aromatic rings. The number of carbonyl (C=O) groups is 2. The molecule has 0 aliphatic carbocycles. The first-order valence-electron chi connectivity index (χ1n) is 5.90. The minimum absolute atomic E-state index is 0.0930. The number of likely N-dealkylation sites (N-methyl/N-ethyl adjacent to an activating group) is 1. The number of nitrogens with zero attached hydrogens (tertiary/aromatic N) is 2. The van der Waals surface area contributed by atoms with E-state index in [9.17, 15) is 9.59 Å². The van der Waals surface area contributed by atoms with E-state index in [0.717, 1.165) is 0 Å². The van der Waals surface area contributed by atoms with Crippen LogP contribution in [0.25, 0.3) is 0 Å². The molecule has 0 fully saturated rings. The molecule has 106 valence electrons. The second-order valence-corrected chi connectivity index (χ2v) is 5.41. The highest BCUT2D eigenvalue weighted by atomic mass is 16.5. The maximum Gasteiger partial charge on any atom is 0.323 e. The molecule has 0 heterocycles. The Kier molecular flexibility index (Phi) is 6.86. The zero-order valence-corrected chi connectivity index (χ0v) is 11.9. The van der Waals surface area contributed by atoms with Crippen LogP contribution < -0.4 is 0 Å². The van der Waals surface area contributed by atoms with Crippen LogP contribution >= 0.6 is 0 Å². The number of ether oxygens (including phenoxy) is 1. The largest absolute Gasteiger partial charge is 0.480 e. The first-order chi connectivity index (χ1) is 8.11. The summed E-state index contributed by atoms with van der Waals surface area (Å²) >= 11 is 0. The standard InChI is InChI=1S/C12H24N2O4/c1-12(2,3)18-9-10(15)14(8-11(16)17)7-6-13(4)5/h6-9H2,1-5H3,(H,16,17). The van der Waals surface area contributed by atoms with Crippen molar-refractivity contribution in [3.63, 3.8) is 0 Å². The minimum Gasteiger partial charge on any atom is -0.480 e. The van der Waals surface area contributed by atoms with Crippen molar-refractivity contribution in [3.05, 3.63) is 0 Å². The van der Waals surface area contributed by atoms with E-state index in [1.165, 1.54) is 4.90 Å². The van der Waals surface area contributed by atoms with E-state index in [1.54, 1.807) is 0 Å². The molecule has 0 unspecified atom stereocenters. The number of carboxylic acid groups (broad SMARTS) is 1. The second kappa shape index (κ2) is 7.33. The molecule has 0 rings (SSSR count). The molecule has 0 aromatic carbocycles. The molecule has 18 heavy (non-hydrogen) atoms. The zero-order valence-electron chi connectivity index (χ0n) is 11.9. The highest BCUT2D eigenvalue weighted by Crippen LogP contribution is 2.06. The number of hydrogen-bond acceptors (Lipinski definition) is 4. The molecule has 0 saturated carbocycles. The van der Waals surface area contributed by atoms with Gasteiger partial charge in [0.25, 0.3) is 0 Å². The van der Waals surface area contributed by atoms with Crippen LogP contribution in [0.4, 0.5) is 0 Å². The maximum absolute atomic E-state index is 11.9. The molecule has 0 aliphatic rings. The predicted octanol–water partition coefficient (Wildman–Crippen LogP) is 0.276. The van der Waals surface area contributed by atoms with Crippen molar-refractivity contribution in [2.45, 2.75) is 26.4 Å². The van der Waals surface area contributed by atoms with E-state index in [1.807, 2.05) is 39.8 Å². The molecule has 6 heteroatoms. The lowest BCUT2D eigenvalue weighted by Crippen LogP contribution is -2.42. The first kappa shape index (κ1) is 16.9. The van der Waals surface area contributed by atoms with Crippen LogP contribution in [0.3, 0.4) is 0 Å². The van der Waals surface area contributed by atoms with Gasteiger partial charge in [0.15, 0.2) is 0 Å². The van der Waals surface area contributed by atoms with E-state index in [2.05, 4.69) is 0 Å². The average Bonchev–Trinajstić information content (AvgIpc) is 2.19. The van der Waals surface area contributed by atoms with E-state index >= 15 is 0 Å². The lowest BCUT2D eigenvalue weighted by atomic mass is 10.2. The minimum atomic E-state index is -1.02. The van der Waals surface area contributed by atoms with Crippen molar-refractivity contribution in [3.8, 4) is 0 Å². The van der Waals surface area contributed by atoms with E-state index in [4.69, 9.17) is 9.84 Å². The molecular weight excluding hydrogens is 236 g/mol. The van der Waals surface area contributed by atoms with Gasteiger partial charge in [0.05, 0.1) is 5.60 Å². The molecule has 0 bridgehead atoms. The fraction of sp³-hybridized carbons (Fsp3) is 0.833. The number of aliphatic carboxylic acids is 1. The molecule has 1 amide bonds. The summed E-state index contributed by atoms with van der Waals surface area (Å²) in [5.74, 6) is -1.31. The van der Waals surface area contributed by atoms with Gasteiger partial charge >= 0.3 is 5.97 Å². The molecule has 6 nitrogen and oxygen atoms in total. The zero-order chi connectivity index (χ0) is 14.3. The molecule has 0 saturated heterocycles. The predicted molar refractivity (Wildman–Crippen MR) is 68.5 cm³/mol. The molecule has 0 radical (unpaired) electrons. The Labute approximate surface area is 109 Å². The summed E-state index contributed by atoms with van der Waals surface area (Å²) < 4.78 is 5.36. The Morgan fingerprint density at radius 1 is 1.17 bits per heavy atom. The highest BCUT2D eigenvalue weighted by molar-refractivity contribution is 5.82. The van der Waals surface area contributed by atoms with Crippen molar-refractivity contribution >= 4 is 11.9 Å². The Morgan fingerprint density at radius 2 is 1.72 bits per heavy atom. The highest BCUT2D eigenvalue weighted by Gasteiger charge is 2.19. The van der Waals surface area contributed by atoms with Gasteiger partial charge in [-0.05, 0) is 34.9 Å². The Morgan fingerprint density at radius 3 is 2.11 bits per heavy atom. The molecule has 0 aliphatic heterocycles. The number of hydrogen-bond donors (Lipinski definition) is 1. The van der Waals surface area contributed by atoms with Crippen molar-refractivity contribution in [1.82, 2.24) is 9.80 Å². The molecular formula is C12H24N2O4. The van der Waals surface area contributed by atoms with Crippen LogP contribution in [0.15, 0.2) is 0 Å². The van der Waals surface area contributed by atoms with Gasteiger partial charge in [-0.15, -0.1) is 0 Å². The monoisotopic (exact) mass is 260 g/mol. The van der Waals surface area contributed by atoms with Gasteiger partial charge in [-0.3, -0.25) is 9.59 Å². The molecule has 1 N–H and O–H groups in total. The van der Waals surface area contributed by atoms with Gasteiger partial charge in [-0.25, -0.2) is 0 Å². The summed E-state index contributed by atoms with van der Waals surface area (Å²) in [5, 5.41) is 8.78. The summed E-state index contributed by atoms with van der Waals surface area (Å²) in [7, 11) is 3.74. The normalized spacial score (nSPS) is 11.7. The topological polar surface area (TPSA) is 70.1 Å². The van der Waals surface area contributed by atoms with Crippen LogP contribution in [-0.4, -0.2) is 72.7 Å². The second-order valence-electron chi connectivity index (χ2n) is 5.41. The van der Waals surface area contributed by atoms with Crippen molar-refractivity contribution in [2.24, 2.45) is 0 Å². The van der Waals surface area contributed by atoms with Crippen molar-refractivity contribution in [1.29, 1.82) is 0 Å². The first-order valence-corrected chi connectivity index (χ1v) is 5.90. The van der Waals surface area contributed by atoms with Crippen molar-refractivity contribution < 1.29 is 19.4 Å².